The average Bonchev–Trinajstić information content (AvgIpc) is 3.41. The van der Waals surface area contributed by atoms with Gasteiger partial charge in [0.15, 0.2) is 15.5 Å². The number of piperidine rings is 2. The topological polar surface area (TPSA) is 195 Å². The molecule has 0 aliphatic carbocycles. The van der Waals surface area contributed by atoms with Gasteiger partial charge in [-0.25, -0.2) is 22.8 Å². The number of hydrogen-bond acceptors (Lipinski definition) is 13. The number of alkyl halides is 1. The van der Waals surface area contributed by atoms with Crippen LogP contribution in [0.25, 0.3) is 10.8 Å². The number of sulfone groups is 1. The van der Waals surface area contributed by atoms with E-state index in [4.69, 9.17) is 4.98 Å². The third kappa shape index (κ3) is 7.25. The molecule has 1 unspecified atom stereocenters. The maximum atomic E-state index is 14.9. The smallest absolute Gasteiger partial charge is 0.262 e. The number of amides is 4. The summed E-state index contributed by atoms with van der Waals surface area (Å²) in [7, 11) is -3.65. The lowest BCUT2D eigenvalue weighted by atomic mass is 9.88. The van der Waals surface area contributed by atoms with Crippen LogP contribution in [0.4, 0.5) is 27.7 Å². The highest BCUT2D eigenvalue weighted by Gasteiger charge is 2.45. The first-order valence-electron chi connectivity index (χ1n) is 19.5. The molecule has 2 aromatic heterocycles. The molecule has 0 radical (unpaired) electrons. The number of carbonyl (C=O) groups excluding carboxylic acids is 4. The van der Waals surface area contributed by atoms with Crippen LogP contribution in [-0.4, -0.2) is 106 Å². The van der Waals surface area contributed by atoms with Crippen LogP contribution in [0, 0.1) is 5.92 Å². The number of carbonyl (C=O) groups is 4. The van der Waals surface area contributed by atoms with Gasteiger partial charge < -0.3 is 20.2 Å². The van der Waals surface area contributed by atoms with E-state index in [1.807, 2.05) is 13.0 Å². The monoisotopic (exact) mass is 812 g/mol. The molecular formula is C41H45FN8O7S. The fourth-order valence-electron chi connectivity index (χ4n) is 8.52. The van der Waals surface area contributed by atoms with Crippen molar-refractivity contribution < 1.29 is 37.1 Å². The molecule has 2 aromatic carbocycles. The van der Waals surface area contributed by atoms with Gasteiger partial charge in [0.1, 0.15) is 17.7 Å². The van der Waals surface area contributed by atoms with Crippen LogP contribution in [-0.2, 0) is 25.2 Å². The number of benzene rings is 2. The van der Waals surface area contributed by atoms with Crippen LogP contribution >= 0.6 is 0 Å². The molecule has 3 fully saturated rings. The molecule has 4 aliphatic heterocycles. The number of rotatable bonds is 10. The Bertz CT molecular complexity index is 2480. The number of nitrogens with zero attached hydrogens (tertiary/aromatic N) is 6. The molecule has 304 valence electrons. The minimum Gasteiger partial charge on any atom is -0.390 e. The maximum absolute atomic E-state index is 14.9. The van der Waals surface area contributed by atoms with Crippen molar-refractivity contribution in [2.75, 3.05) is 40.5 Å². The summed E-state index contributed by atoms with van der Waals surface area (Å²) in [6.45, 7) is 8.51. The highest BCUT2D eigenvalue weighted by molar-refractivity contribution is 7.90. The number of imide groups is 2. The molecule has 3 saturated heterocycles. The summed E-state index contributed by atoms with van der Waals surface area (Å²) in [5.41, 5.74) is 0.779. The summed E-state index contributed by atoms with van der Waals surface area (Å²) in [5.74, 6) is -1.47. The predicted octanol–water partition coefficient (Wildman–Crippen LogP) is 4.03. The van der Waals surface area contributed by atoms with Crippen molar-refractivity contribution >= 4 is 67.5 Å². The minimum atomic E-state index is -3.65. The molecule has 8 rings (SSSR count). The van der Waals surface area contributed by atoms with Crippen molar-refractivity contribution in [3.63, 3.8) is 0 Å². The van der Waals surface area contributed by atoms with E-state index in [1.54, 1.807) is 23.4 Å². The largest absolute Gasteiger partial charge is 0.390 e. The Kier molecular flexibility index (Phi) is 9.94. The summed E-state index contributed by atoms with van der Waals surface area (Å²) < 4.78 is 42.1. The van der Waals surface area contributed by atoms with Crippen molar-refractivity contribution in [3.05, 3.63) is 77.1 Å². The Balaban J connectivity index is 0.951. The lowest BCUT2D eigenvalue weighted by molar-refractivity contribution is -0.136. The molecule has 4 amide bonds. The maximum Gasteiger partial charge on any atom is 0.262 e. The normalized spacial score (nSPS) is 25.0. The van der Waals surface area contributed by atoms with E-state index in [-0.39, 0.29) is 66.3 Å². The number of nitrogens with one attached hydrogen (secondary N) is 2. The summed E-state index contributed by atoms with van der Waals surface area (Å²) in [5, 5.41) is 17.4. The first-order chi connectivity index (χ1) is 27.5. The van der Waals surface area contributed by atoms with Gasteiger partial charge in [0.25, 0.3) is 11.8 Å². The van der Waals surface area contributed by atoms with E-state index in [0.717, 1.165) is 26.9 Å². The quantitative estimate of drug-likeness (QED) is 0.195. The van der Waals surface area contributed by atoms with Crippen LogP contribution in [0.2, 0.25) is 0 Å². The van der Waals surface area contributed by atoms with Gasteiger partial charge in [0.2, 0.25) is 17.8 Å². The van der Waals surface area contributed by atoms with E-state index in [1.165, 1.54) is 25.1 Å². The number of anilines is 4. The van der Waals surface area contributed by atoms with Gasteiger partial charge in [-0.15, -0.1) is 0 Å². The molecule has 0 saturated carbocycles. The Morgan fingerprint density at radius 2 is 1.78 bits per heavy atom. The van der Waals surface area contributed by atoms with Gasteiger partial charge in [-0.1, -0.05) is 26.0 Å². The number of hydrogen-bond donors (Lipinski definition) is 3. The van der Waals surface area contributed by atoms with Crippen LogP contribution in [0.5, 0.6) is 0 Å². The molecule has 3 N–H and O–H groups in total. The average molecular weight is 813 g/mol. The summed E-state index contributed by atoms with van der Waals surface area (Å²) >= 11 is 0. The molecule has 6 heterocycles. The SMILES string of the molecule is CC(C)c1ccc(N2C[C@H](CS(=O)(=O)Cc3ccc4c(c3)C(=O)N(C3CCC(=O)NC3=O)C4=O)[C@H]2C)c2cnc(Nc3ccnc(N4CC[C@@H](O)[C@@](C)(F)C4)n3)cc12. The van der Waals surface area contributed by atoms with Crippen molar-refractivity contribution in [1.82, 2.24) is 25.2 Å². The highest BCUT2D eigenvalue weighted by Crippen LogP contribution is 2.40. The molecule has 0 spiro atoms. The zero-order valence-electron chi connectivity index (χ0n) is 32.6. The Labute approximate surface area is 335 Å². The van der Waals surface area contributed by atoms with Gasteiger partial charge in [0.05, 0.1) is 35.3 Å². The lowest BCUT2D eigenvalue weighted by Gasteiger charge is -2.48. The van der Waals surface area contributed by atoms with Crippen LogP contribution in [0.1, 0.15) is 84.7 Å². The summed E-state index contributed by atoms with van der Waals surface area (Å²) in [6, 6.07) is 11.0. The van der Waals surface area contributed by atoms with E-state index in [0.29, 0.717) is 36.2 Å². The highest BCUT2D eigenvalue weighted by atomic mass is 32.2. The first kappa shape index (κ1) is 39.3. The summed E-state index contributed by atoms with van der Waals surface area (Å²) in [6.07, 6.45) is 2.66. The van der Waals surface area contributed by atoms with Crippen LogP contribution < -0.4 is 20.4 Å². The second-order valence-corrected chi connectivity index (χ2v) is 18.5. The van der Waals surface area contributed by atoms with Gasteiger partial charge in [-0.3, -0.25) is 29.4 Å². The zero-order valence-corrected chi connectivity index (χ0v) is 33.4. The van der Waals surface area contributed by atoms with E-state index in [9.17, 15) is 37.1 Å². The zero-order chi connectivity index (χ0) is 41.3. The van der Waals surface area contributed by atoms with E-state index < -0.39 is 51.3 Å². The van der Waals surface area contributed by atoms with Gasteiger partial charge in [-0.05, 0) is 79.5 Å². The van der Waals surface area contributed by atoms with Gasteiger partial charge in [0, 0.05) is 54.9 Å². The Morgan fingerprint density at radius 1 is 1.00 bits per heavy atom. The van der Waals surface area contributed by atoms with Crippen LogP contribution in [0.3, 0.4) is 0 Å². The molecule has 17 heteroatoms. The molecule has 4 aliphatic rings. The van der Waals surface area contributed by atoms with Crippen molar-refractivity contribution in [2.24, 2.45) is 5.92 Å². The first-order valence-corrected chi connectivity index (χ1v) is 21.3. The van der Waals surface area contributed by atoms with Gasteiger partial charge >= 0.3 is 0 Å². The standard InChI is InChI=1S/C41H45FN8O7S/c1-22(2)26-7-8-31(30-17-44-35(16-28(26)30)45-34-11-13-43-40(46-34)48-14-12-33(51)41(4,42)21-48)49-18-25(23(49)3)20-58(56,57)19-24-5-6-27-29(15-24)39(55)50(38(27)54)32-9-10-36(52)47-37(32)53/h5-8,11,13,15-17,22-23,25,32-33,51H,9-10,12,14,18-21H2,1-4H3,(H,47,52,53)(H,43,44,45,46)/t23-,25-,32?,33-,41+/m1/s1. The number of pyridine rings is 1. The van der Waals surface area contributed by atoms with Crippen LogP contribution in [0.15, 0.2) is 54.9 Å². The summed E-state index contributed by atoms with van der Waals surface area (Å²) in [4.78, 5) is 68.9. The van der Waals surface area contributed by atoms with Crippen molar-refractivity contribution in [1.29, 1.82) is 0 Å². The van der Waals surface area contributed by atoms with E-state index >= 15 is 0 Å². The molecule has 4 aromatic rings. The number of aromatic nitrogens is 3. The molecule has 58 heavy (non-hydrogen) atoms. The number of fused-ring (bicyclic) bond motifs is 2. The number of aliphatic hydroxyl groups is 1. The van der Waals surface area contributed by atoms with Crippen molar-refractivity contribution in [3.8, 4) is 0 Å². The van der Waals surface area contributed by atoms with Gasteiger partial charge in [-0.2, -0.15) is 4.98 Å². The number of aliphatic hydroxyl groups excluding tert-OH is 1. The fourth-order valence-corrected chi connectivity index (χ4v) is 10.4. The Morgan fingerprint density at radius 3 is 2.50 bits per heavy atom. The lowest BCUT2D eigenvalue weighted by Crippen LogP contribution is -2.57. The second kappa shape index (κ2) is 14.7. The number of halogens is 1. The van der Waals surface area contributed by atoms with E-state index in [2.05, 4.69) is 51.5 Å². The molecule has 5 atom stereocenters. The molecule has 15 nitrogen and oxygen atoms in total. The third-order valence-corrected chi connectivity index (χ3v) is 13.6. The molecular weight excluding hydrogens is 768 g/mol. The third-order valence-electron chi connectivity index (χ3n) is 11.9. The molecule has 0 bridgehead atoms. The minimum absolute atomic E-state index is 0.00290. The fraction of sp³-hybridized carbons (Fsp3) is 0.439. The van der Waals surface area contributed by atoms with Crippen molar-refractivity contribution in [2.45, 2.75) is 82.5 Å². The predicted molar refractivity (Wildman–Crippen MR) is 214 cm³/mol. The Hall–Kier alpha value is -5.55. The second-order valence-electron chi connectivity index (χ2n) is 16.3.